The average Bonchev–Trinajstić information content (AvgIpc) is 2.81. The van der Waals surface area contributed by atoms with Crippen LogP contribution in [-0.4, -0.2) is 20.6 Å². The number of sulfonamides is 1. The van der Waals surface area contributed by atoms with Gasteiger partial charge in [-0.3, -0.25) is 4.72 Å². The first-order valence-corrected chi connectivity index (χ1v) is 8.21. The highest BCUT2D eigenvalue weighted by Crippen LogP contribution is 2.31. The Bertz CT molecular complexity index is 754. The monoisotopic (exact) mass is 375 g/mol. The molecule has 2 rings (SSSR count). The van der Waals surface area contributed by atoms with Crippen molar-refractivity contribution in [1.29, 1.82) is 0 Å². The van der Waals surface area contributed by atoms with Gasteiger partial charge in [0.15, 0.2) is 4.67 Å². The van der Waals surface area contributed by atoms with Crippen LogP contribution >= 0.6 is 15.9 Å². The van der Waals surface area contributed by atoms with Gasteiger partial charge in [0, 0.05) is 6.07 Å². The Hall–Kier alpha value is -1.51. The van der Waals surface area contributed by atoms with E-state index < -0.39 is 10.0 Å². The predicted octanol–water partition coefficient (Wildman–Crippen LogP) is 2.65. The highest BCUT2D eigenvalue weighted by molar-refractivity contribution is 9.10. The summed E-state index contributed by atoms with van der Waals surface area (Å²) >= 11 is 3.03. The molecule has 21 heavy (non-hydrogen) atoms. The third kappa shape index (κ3) is 3.39. The first kappa shape index (κ1) is 15.9. The summed E-state index contributed by atoms with van der Waals surface area (Å²) in [6, 6.07) is 6.41. The summed E-state index contributed by atoms with van der Waals surface area (Å²) in [6.45, 7) is 1.46. The molecule has 0 saturated carbocycles. The van der Waals surface area contributed by atoms with Crippen molar-refractivity contribution in [3.8, 4) is 5.75 Å². The Labute approximate surface area is 130 Å². The van der Waals surface area contributed by atoms with Crippen LogP contribution in [0.1, 0.15) is 11.3 Å². The second-order valence-electron chi connectivity index (χ2n) is 4.32. The van der Waals surface area contributed by atoms with E-state index in [2.05, 4.69) is 20.7 Å². The maximum Gasteiger partial charge on any atom is 0.266 e. The number of ether oxygens (including phenoxy) is 1. The number of nitrogens with one attached hydrogen (secondary N) is 1. The van der Waals surface area contributed by atoms with Crippen molar-refractivity contribution < 1.29 is 22.7 Å². The predicted molar refractivity (Wildman–Crippen MR) is 80.9 cm³/mol. The number of benzene rings is 1. The lowest BCUT2D eigenvalue weighted by Crippen LogP contribution is -2.13. The van der Waals surface area contributed by atoms with Crippen LogP contribution in [0.5, 0.6) is 5.75 Å². The van der Waals surface area contributed by atoms with Crippen LogP contribution in [0.4, 0.5) is 5.69 Å². The Kier molecular flexibility index (Phi) is 4.60. The van der Waals surface area contributed by atoms with Gasteiger partial charge in [0.25, 0.3) is 10.0 Å². The summed E-state index contributed by atoms with van der Waals surface area (Å²) in [5.74, 6) is 0.560. The van der Waals surface area contributed by atoms with E-state index in [1.165, 1.54) is 13.2 Å². The molecule has 0 bridgehead atoms. The Morgan fingerprint density at radius 2 is 2.10 bits per heavy atom. The number of aryl methyl sites for hydroxylation is 1. The van der Waals surface area contributed by atoms with Crippen molar-refractivity contribution in [3.63, 3.8) is 0 Å². The third-order valence-electron chi connectivity index (χ3n) is 2.75. The number of halogens is 1. The normalized spacial score (nSPS) is 11.4. The Balaban J connectivity index is 2.41. The summed E-state index contributed by atoms with van der Waals surface area (Å²) in [4.78, 5) is -0.0879. The molecule has 6 nitrogen and oxygen atoms in total. The standard InChI is InChI=1S/C13H14BrNO5S/c1-8-3-4-11(19-2)10(5-8)15-21(17,18)12-6-9(7-16)20-13(12)14/h3-6,15-16H,7H2,1-2H3. The van der Waals surface area contributed by atoms with Gasteiger partial charge in [0.05, 0.1) is 12.8 Å². The lowest BCUT2D eigenvalue weighted by atomic mass is 10.2. The minimum Gasteiger partial charge on any atom is -0.495 e. The van der Waals surface area contributed by atoms with E-state index in [0.29, 0.717) is 11.4 Å². The molecule has 8 heteroatoms. The van der Waals surface area contributed by atoms with E-state index in [1.54, 1.807) is 12.1 Å². The molecule has 0 atom stereocenters. The lowest BCUT2D eigenvalue weighted by molar-refractivity contribution is 0.245. The molecule has 1 aromatic carbocycles. The SMILES string of the molecule is COc1ccc(C)cc1NS(=O)(=O)c1cc(CO)oc1Br. The molecule has 2 N–H and O–H groups in total. The maximum atomic E-state index is 12.4. The molecule has 2 aromatic rings. The van der Waals surface area contributed by atoms with Crippen LogP contribution in [0.25, 0.3) is 0 Å². The number of aliphatic hydroxyl groups excluding tert-OH is 1. The zero-order valence-corrected chi connectivity index (χ0v) is 13.8. The van der Waals surface area contributed by atoms with Gasteiger partial charge < -0.3 is 14.3 Å². The Morgan fingerprint density at radius 1 is 1.38 bits per heavy atom. The average molecular weight is 376 g/mol. The van der Waals surface area contributed by atoms with Crippen LogP contribution in [-0.2, 0) is 16.6 Å². The van der Waals surface area contributed by atoms with Gasteiger partial charge in [0.1, 0.15) is 23.0 Å². The number of aliphatic hydroxyl groups is 1. The number of anilines is 1. The molecule has 0 aliphatic heterocycles. The van der Waals surface area contributed by atoms with Crippen molar-refractivity contribution >= 4 is 31.6 Å². The number of hydrogen-bond donors (Lipinski definition) is 2. The second-order valence-corrected chi connectivity index (χ2v) is 6.69. The summed E-state index contributed by atoms with van der Waals surface area (Å²) in [5.41, 5.74) is 1.21. The quantitative estimate of drug-likeness (QED) is 0.838. The second kappa shape index (κ2) is 6.08. The molecule has 0 aliphatic carbocycles. The molecule has 0 saturated heterocycles. The summed E-state index contributed by atoms with van der Waals surface area (Å²) in [6.07, 6.45) is 0. The first-order valence-electron chi connectivity index (χ1n) is 5.94. The van der Waals surface area contributed by atoms with E-state index >= 15 is 0 Å². The molecule has 0 radical (unpaired) electrons. The maximum absolute atomic E-state index is 12.4. The zero-order chi connectivity index (χ0) is 15.6. The molecular formula is C13H14BrNO5S. The van der Waals surface area contributed by atoms with Crippen LogP contribution in [0, 0.1) is 6.92 Å². The van der Waals surface area contributed by atoms with Gasteiger partial charge in [-0.1, -0.05) is 6.07 Å². The molecule has 0 amide bonds. The summed E-state index contributed by atoms with van der Waals surface area (Å²) in [5, 5.41) is 9.00. The molecular weight excluding hydrogens is 362 g/mol. The van der Waals surface area contributed by atoms with Crippen LogP contribution in [0.3, 0.4) is 0 Å². The minimum atomic E-state index is -3.86. The van der Waals surface area contributed by atoms with Gasteiger partial charge in [-0.05, 0) is 40.5 Å². The number of hydrogen-bond acceptors (Lipinski definition) is 5. The van der Waals surface area contributed by atoms with Crippen molar-refractivity contribution in [2.75, 3.05) is 11.8 Å². The molecule has 114 valence electrons. The van der Waals surface area contributed by atoms with Crippen molar-refractivity contribution in [2.24, 2.45) is 0 Å². The van der Waals surface area contributed by atoms with E-state index in [4.69, 9.17) is 14.3 Å². The van der Waals surface area contributed by atoms with Crippen LogP contribution in [0.2, 0.25) is 0 Å². The molecule has 0 aliphatic rings. The van der Waals surface area contributed by atoms with Crippen molar-refractivity contribution in [3.05, 3.63) is 40.3 Å². The molecule has 1 heterocycles. The Morgan fingerprint density at radius 3 is 2.67 bits per heavy atom. The highest BCUT2D eigenvalue weighted by atomic mass is 79.9. The smallest absolute Gasteiger partial charge is 0.266 e. The minimum absolute atomic E-state index is 0.0330. The molecule has 0 spiro atoms. The number of methoxy groups -OCH3 is 1. The fourth-order valence-corrected chi connectivity index (χ4v) is 3.82. The number of rotatable bonds is 5. The fraction of sp³-hybridized carbons (Fsp3) is 0.231. The van der Waals surface area contributed by atoms with Crippen molar-refractivity contribution in [2.45, 2.75) is 18.4 Å². The van der Waals surface area contributed by atoms with Crippen molar-refractivity contribution in [1.82, 2.24) is 0 Å². The molecule has 1 aromatic heterocycles. The zero-order valence-electron chi connectivity index (χ0n) is 11.4. The number of furan rings is 1. The largest absolute Gasteiger partial charge is 0.495 e. The van der Waals surface area contributed by atoms with Crippen LogP contribution in [0.15, 0.2) is 38.2 Å². The third-order valence-corrected chi connectivity index (χ3v) is 4.97. The summed E-state index contributed by atoms with van der Waals surface area (Å²) < 4.78 is 37.5. The van der Waals surface area contributed by atoms with E-state index in [9.17, 15) is 8.42 Å². The molecule has 0 fully saturated rings. The summed E-state index contributed by atoms with van der Waals surface area (Å²) in [7, 11) is -2.41. The van der Waals surface area contributed by atoms with Gasteiger partial charge in [-0.15, -0.1) is 0 Å². The van der Waals surface area contributed by atoms with Gasteiger partial charge in [-0.25, -0.2) is 8.42 Å². The van der Waals surface area contributed by atoms with E-state index in [0.717, 1.165) is 5.56 Å². The van der Waals surface area contributed by atoms with Gasteiger partial charge in [0.2, 0.25) is 0 Å². The first-order chi connectivity index (χ1) is 9.87. The highest BCUT2D eigenvalue weighted by Gasteiger charge is 2.23. The van der Waals surface area contributed by atoms with Crippen LogP contribution < -0.4 is 9.46 Å². The van der Waals surface area contributed by atoms with Gasteiger partial charge in [-0.2, -0.15) is 0 Å². The van der Waals surface area contributed by atoms with Gasteiger partial charge >= 0.3 is 0 Å². The van der Waals surface area contributed by atoms with E-state index in [-0.39, 0.29) is 21.9 Å². The van der Waals surface area contributed by atoms with E-state index in [1.807, 2.05) is 13.0 Å². The molecule has 0 unspecified atom stereocenters. The fourth-order valence-electron chi connectivity index (χ4n) is 1.76. The topological polar surface area (TPSA) is 88.8 Å². The lowest BCUT2D eigenvalue weighted by Gasteiger charge is -2.11.